The van der Waals surface area contributed by atoms with Crippen LogP contribution in [0.5, 0.6) is 5.75 Å². The van der Waals surface area contributed by atoms with E-state index in [9.17, 15) is 0 Å². The average molecular weight is 513 g/mol. The minimum absolute atomic E-state index is 0. The van der Waals surface area contributed by atoms with Crippen molar-refractivity contribution in [3.8, 4) is 16.9 Å². The molecule has 4 heteroatoms. The van der Waals surface area contributed by atoms with Crippen molar-refractivity contribution in [1.82, 2.24) is 0 Å². The van der Waals surface area contributed by atoms with E-state index in [4.69, 9.17) is 4.74 Å². The Labute approximate surface area is 210 Å². The molecular formula is C26H22Cl2OZr. The largest absolute Gasteiger partial charge is 2.00 e. The van der Waals surface area contributed by atoms with Gasteiger partial charge in [0.15, 0.2) is 0 Å². The van der Waals surface area contributed by atoms with Gasteiger partial charge in [0.2, 0.25) is 0 Å². The third kappa shape index (κ3) is 4.38. The van der Waals surface area contributed by atoms with Gasteiger partial charge in [0.1, 0.15) is 5.75 Å². The van der Waals surface area contributed by atoms with Gasteiger partial charge in [-0.3, -0.25) is 0 Å². The maximum absolute atomic E-state index is 5.37. The van der Waals surface area contributed by atoms with Crippen LogP contribution in [0.1, 0.15) is 34.6 Å². The standard InChI is InChI=1S/C26H22O.2ClH.Zr/c1-27-21-15-13-19(14-16-21)26(18-7-2-3-8-18)24-12-6-11-23-22-10-5-4-9-20(22)17-25(23)24;;;/h2-7,9-16,26H,8,17H2,1H3;2*1H;/q;;;+2/p-2. The molecule has 0 bridgehead atoms. The van der Waals surface area contributed by atoms with E-state index in [-0.39, 0.29) is 56.9 Å². The monoisotopic (exact) mass is 510 g/mol. The van der Waals surface area contributed by atoms with Crippen LogP contribution in [0.15, 0.2) is 90.5 Å². The summed E-state index contributed by atoms with van der Waals surface area (Å²) in [6, 6.07) is 24.2. The zero-order valence-electron chi connectivity index (χ0n) is 16.7. The Kier molecular flexibility index (Phi) is 8.74. The molecule has 5 rings (SSSR count). The molecule has 1 atom stereocenters. The fraction of sp³-hybridized carbons (Fsp3) is 0.154. The molecule has 3 aromatic carbocycles. The molecule has 150 valence electrons. The second-order valence-electron chi connectivity index (χ2n) is 7.29. The first-order valence-corrected chi connectivity index (χ1v) is 9.55. The Bertz CT molecular complexity index is 1070. The first-order valence-electron chi connectivity index (χ1n) is 9.55. The van der Waals surface area contributed by atoms with Crippen LogP contribution in [0, 0.1) is 0 Å². The summed E-state index contributed by atoms with van der Waals surface area (Å²) in [7, 11) is 1.72. The van der Waals surface area contributed by atoms with Gasteiger partial charge in [-0.15, -0.1) is 0 Å². The molecule has 1 unspecified atom stereocenters. The van der Waals surface area contributed by atoms with Gasteiger partial charge in [0.05, 0.1) is 7.11 Å². The molecule has 0 fully saturated rings. The first-order chi connectivity index (χ1) is 13.3. The van der Waals surface area contributed by atoms with Crippen LogP contribution in [0.4, 0.5) is 0 Å². The first kappa shape index (κ1) is 24.7. The number of benzene rings is 3. The number of ether oxygens (including phenoxy) is 1. The summed E-state index contributed by atoms with van der Waals surface area (Å²) >= 11 is 0. The van der Waals surface area contributed by atoms with Crippen LogP contribution in [0.2, 0.25) is 0 Å². The predicted octanol–water partition coefficient (Wildman–Crippen LogP) is 0.290. The third-order valence-electron chi connectivity index (χ3n) is 5.82. The summed E-state index contributed by atoms with van der Waals surface area (Å²) < 4.78 is 5.37. The van der Waals surface area contributed by atoms with Gasteiger partial charge in [-0.25, -0.2) is 0 Å². The van der Waals surface area contributed by atoms with E-state index in [1.54, 1.807) is 7.11 Å². The van der Waals surface area contributed by atoms with Gasteiger partial charge in [-0.1, -0.05) is 78.4 Å². The van der Waals surface area contributed by atoms with E-state index in [0.717, 1.165) is 18.6 Å². The van der Waals surface area contributed by atoms with Crippen molar-refractivity contribution >= 4 is 0 Å². The second kappa shape index (κ2) is 10.6. The summed E-state index contributed by atoms with van der Waals surface area (Å²) in [5.41, 5.74) is 9.93. The number of fused-ring (bicyclic) bond motifs is 3. The number of methoxy groups -OCH3 is 1. The average Bonchev–Trinajstić information content (AvgIpc) is 3.37. The van der Waals surface area contributed by atoms with Gasteiger partial charge in [0, 0.05) is 5.92 Å². The van der Waals surface area contributed by atoms with Crippen LogP contribution in [-0.2, 0) is 32.6 Å². The van der Waals surface area contributed by atoms with Crippen molar-refractivity contribution in [2.24, 2.45) is 0 Å². The van der Waals surface area contributed by atoms with Crippen LogP contribution < -0.4 is 29.6 Å². The Balaban J connectivity index is 0.00000107. The molecule has 2 aliphatic rings. The topological polar surface area (TPSA) is 9.23 Å². The van der Waals surface area contributed by atoms with Gasteiger partial charge < -0.3 is 29.6 Å². The number of hydrogen-bond donors (Lipinski definition) is 0. The van der Waals surface area contributed by atoms with E-state index < -0.39 is 0 Å². The van der Waals surface area contributed by atoms with Gasteiger partial charge in [0.25, 0.3) is 0 Å². The number of hydrogen-bond acceptors (Lipinski definition) is 1. The van der Waals surface area contributed by atoms with Crippen molar-refractivity contribution in [2.75, 3.05) is 7.11 Å². The van der Waals surface area contributed by atoms with E-state index in [1.807, 2.05) is 0 Å². The molecule has 3 aromatic rings. The second-order valence-corrected chi connectivity index (χ2v) is 7.29. The summed E-state index contributed by atoms with van der Waals surface area (Å²) in [5, 5.41) is 0. The van der Waals surface area contributed by atoms with Gasteiger partial charge in [-0.05, 0) is 58.4 Å². The number of allylic oxidation sites excluding steroid dienone is 4. The molecule has 0 heterocycles. The van der Waals surface area contributed by atoms with Crippen LogP contribution in [0.3, 0.4) is 0 Å². The maximum Gasteiger partial charge on any atom is 2.00 e. The van der Waals surface area contributed by atoms with E-state index in [0.29, 0.717) is 0 Å². The summed E-state index contributed by atoms with van der Waals surface area (Å²) in [6.45, 7) is 0. The van der Waals surface area contributed by atoms with Crippen LogP contribution >= 0.6 is 0 Å². The fourth-order valence-corrected chi connectivity index (χ4v) is 4.52. The van der Waals surface area contributed by atoms with Crippen molar-refractivity contribution < 1.29 is 55.8 Å². The molecule has 0 saturated carbocycles. The van der Waals surface area contributed by atoms with Crippen LogP contribution in [0.25, 0.3) is 11.1 Å². The van der Waals surface area contributed by atoms with Crippen molar-refractivity contribution in [3.63, 3.8) is 0 Å². The Morgan fingerprint density at radius 3 is 2.27 bits per heavy atom. The molecule has 0 radical (unpaired) electrons. The molecule has 2 aliphatic carbocycles. The van der Waals surface area contributed by atoms with E-state index in [1.165, 1.54) is 39.0 Å². The number of halogens is 2. The van der Waals surface area contributed by atoms with Crippen molar-refractivity contribution in [1.29, 1.82) is 0 Å². The Morgan fingerprint density at radius 2 is 1.57 bits per heavy atom. The normalized spacial score (nSPS) is 13.7. The number of rotatable bonds is 4. The SMILES string of the molecule is COc1ccc(C(C2=CC=CC2)c2cccc3c2Cc2ccccc2-3)cc1.[Cl-].[Cl-].[Zr+2]. The smallest absolute Gasteiger partial charge is 1.00 e. The van der Waals surface area contributed by atoms with E-state index in [2.05, 4.69) is 85.0 Å². The predicted molar refractivity (Wildman–Crippen MR) is 111 cm³/mol. The summed E-state index contributed by atoms with van der Waals surface area (Å²) in [4.78, 5) is 0. The summed E-state index contributed by atoms with van der Waals surface area (Å²) in [6.07, 6.45) is 8.77. The quantitative estimate of drug-likeness (QED) is 0.382. The molecule has 0 spiro atoms. The van der Waals surface area contributed by atoms with Crippen molar-refractivity contribution in [2.45, 2.75) is 18.8 Å². The Hall–Kier alpha value is -1.60. The molecule has 0 N–H and O–H groups in total. The summed E-state index contributed by atoms with van der Waals surface area (Å²) in [5.74, 6) is 1.19. The zero-order chi connectivity index (χ0) is 18.2. The zero-order valence-corrected chi connectivity index (χ0v) is 20.7. The molecule has 30 heavy (non-hydrogen) atoms. The fourth-order valence-electron chi connectivity index (χ4n) is 4.52. The van der Waals surface area contributed by atoms with Gasteiger partial charge >= 0.3 is 26.2 Å². The molecule has 0 saturated heterocycles. The molecular weight excluding hydrogens is 490 g/mol. The maximum atomic E-state index is 5.37. The minimum Gasteiger partial charge on any atom is -1.00 e. The van der Waals surface area contributed by atoms with E-state index >= 15 is 0 Å². The molecule has 1 nitrogen and oxygen atoms in total. The minimum atomic E-state index is 0. The third-order valence-corrected chi connectivity index (χ3v) is 5.82. The van der Waals surface area contributed by atoms with Gasteiger partial charge in [-0.2, -0.15) is 0 Å². The molecule has 0 aliphatic heterocycles. The molecule has 0 aromatic heterocycles. The van der Waals surface area contributed by atoms with Crippen molar-refractivity contribution in [3.05, 3.63) is 113 Å². The van der Waals surface area contributed by atoms with Crippen LogP contribution in [-0.4, -0.2) is 7.11 Å². The molecule has 0 amide bonds. The Morgan fingerprint density at radius 1 is 0.833 bits per heavy atom.